The molecule has 1 saturated heterocycles. The average Bonchev–Trinajstić information content (AvgIpc) is 2.86. The van der Waals surface area contributed by atoms with Crippen molar-refractivity contribution in [1.29, 1.82) is 0 Å². The lowest BCUT2D eigenvalue weighted by Crippen LogP contribution is -2.56. The van der Waals surface area contributed by atoms with E-state index in [4.69, 9.17) is 9.47 Å². The third kappa shape index (κ3) is 4.85. The monoisotopic (exact) mass is 463 g/mol. The Kier molecular flexibility index (Phi) is 7.32. The minimum Gasteiger partial charge on any atom is -0.497 e. The van der Waals surface area contributed by atoms with Crippen molar-refractivity contribution in [2.24, 2.45) is 5.92 Å². The quantitative estimate of drug-likeness (QED) is 0.556. The molecule has 2 fully saturated rings. The van der Waals surface area contributed by atoms with Crippen molar-refractivity contribution in [3.05, 3.63) is 65.2 Å². The van der Waals surface area contributed by atoms with E-state index in [1.807, 2.05) is 29.2 Å². The molecule has 0 unspecified atom stereocenters. The zero-order valence-corrected chi connectivity index (χ0v) is 20.8. The van der Waals surface area contributed by atoms with Crippen LogP contribution in [0.1, 0.15) is 74.6 Å². The number of carbonyl (C=O) groups excluding carboxylic acids is 1. The maximum atomic E-state index is 13.5. The molecular formula is C29H37NO4. The largest absolute Gasteiger partial charge is 0.497 e. The van der Waals surface area contributed by atoms with Crippen LogP contribution < -0.4 is 9.47 Å². The number of methoxy groups -OCH3 is 2. The molecule has 2 aliphatic rings. The molecule has 1 amide bonds. The van der Waals surface area contributed by atoms with Gasteiger partial charge in [-0.25, -0.2) is 0 Å². The normalized spacial score (nSPS) is 24.8. The lowest BCUT2D eigenvalue weighted by atomic mass is 9.66. The smallest absolute Gasteiger partial charge is 0.247 e. The summed E-state index contributed by atoms with van der Waals surface area (Å²) < 4.78 is 11.2. The molecule has 5 nitrogen and oxygen atoms in total. The first-order valence-electron chi connectivity index (χ1n) is 12.4. The molecule has 0 radical (unpaired) electrons. The van der Waals surface area contributed by atoms with Gasteiger partial charge in [-0.05, 0) is 60.6 Å². The summed E-state index contributed by atoms with van der Waals surface area (Å²) in [6.07, 6.45) is 7.88. The standard InChI is InChI=1S/C29H37NO4/c1-20(2)22-11-8-21(9-12-22)10-15-27(31)30-18-17-29(32)16-6-5-7-25(29)28(30)24-19-23(33-3)13-14-26(24)34-4/h8-15,19-20,25,28,32H,5-7,16-18H2,1-4H3/t25-,28-,29+/m0/s1. The molecule has 3 atom stereocenters. The minimum atomic E-state index is -0.760. The Morgan fingerprint density at radius 1 is 1.09 bits per heavy atom. The van der Waals surface area contributed by atoms with E-state index >= 15 is 0 Å². The molecule has 0 spiro atoms. The Balaban J connectivity index is 1.68. The van der Waals surface area contributed by atoms with E-state index in [9.17, 15) is 9.90 Å². The molecule has 1 aliphatic carbocycles. The van der Waals surface area contributed by atoms with Crippen LogP contribution in [0.15, 0.2) is 48.5 Å². The predicted octanol–water partition coefficient (Wildman–Crippen LogP) is 5.74. The highest BCUT2D eigenvalue weighted by Gasteiger charge is 2.50. The number of benzene rings is 2. The van der Waals surface area contributed by atoms with Crippen molar-refractivity contribution in [3.63, 3.8) is 0 Å². The first-order valence-corrected chi connectivity index (χ1v) is 12.4. The predicted molar refractivity (Wildman–Crippen MR) is 135 cm³/mol. The van der Waals surface area contributed by atoms with Crippen LogP contribution in [0.3, 0.4) is 0 Å². The highest BCUT2D eigenvalue weighted by atomic mass is 16.5. The number of carbonyl (C=O) groups is 1. The number of likely N-dealkylation sites (tertiary alicyclic amines) is 1. The van der Waals surface area contributed by atoms with Crippen molar-refractivity contribution >= 4 is 12.0 Å². The van der Waals surface area contributed by atoms with Gasteiger partial charge in [-0.3, -0.25) is 4.79 Å². The van der Waals surface area contributed by atoms with Crippen LogP contribution in [-0.2, 0) is 4.79 Å². The molecule has 0 bridgehead atoms. The molecule has 1 N–H and O–H groups in total. The van der Waals surface area contributed by atoms with Crippen molar-refractivity contribution in [2.45, 2.75) is 63.5 Å². The molecule has 34 heavy (non-hydrogen) atoms. The summed E-state index contributed by atoms with van der Waals surface area (Å²) >= 11 is 0. The molecule has 4 rings (SSSR count). The summed E-state index contributed by atoms with van der Waals surface area (Å²) in [6.45, 7) is 4.85. The average molecular weight is 464 g/mol. The Morgan fingerprint density at radius 3 is 2.53 bits per heavy atom. The van der Waals surface area contributed by atoms with E-state index < -0.39 is 5.60 Å². The number of aliphatic hydroxyl groups is 1. The van der Waals surface area contributed by atoms with Gasteiger partial charge >= 0.3 is 0 Å². The molecule has 0 aromatic heterocycles. The number of ether oxygens (including phenoxy) is 2. The van der Waals surface area contributed by atoms with Gasteiger partial charge in [-0.15, -0.1) is 0 Å². The fourth-order valence-corrected chi connectivity index (χ4v) is 5.64. The Bertz CT molecular complexity index is 1030. The fourth-order valence-electron chi connectivity index (χ4n) is 5.64. The van der Waals surface area contributed by atoms with Crippen molar-refractivity contribution in [2.75, 3.05) is 20.8 Å². The molecular weight excluding hydrogens is 426 g/mol. The molecule has 2 aromatic rings. The van der Waals surface area contributed by atoms with Crippen molar-refractivity contribution in [1.82, 2.24) is 4.90 Å². The number of nitrogens with zero attached hydrogens (tertiary/aromatic N) is 1. The number of fused-ring (bicyclic) bond motifs is 1. The molecule has 1 aliphatic heterocycles. The van der Waals surface area contributed by atoms with E-state index in [1.165, 1.54) is 5.56 Å². The van der Waals surface area contributed by atoms with Crippen molar-refractivity contribution < 1.29 is 19.4 Å². The summed E-state index contributed by atoms with van der Waals surface area (Å²) in [7, 11) is 3.29. The van der Waals surface area contributed by atoms with Crippen LogP contribution in [0.5, 0.6) is 11.5 Å². The fraction of sp³-hybridized carbons (Fsp3) is 0.483. The Labute approximate surface area is 203 Å². The molecule has 5 heteroatoms. The number of hydrogen-bond donors (Lipinski definition) is 1. The van der Waals surface area contributed by atoms with E-state index in [0.717, 1.165) is 36.8 Å². The topological polar surface area (TPSA) is 59.0 Å². The molecule has 1 saturated carbocycles. The van der Waals surface area contributed by atoms with Crippen LogP contribution in [0.2, 0.25) is 0 Å². The van der Waals surface area contributed by atoms with Gasteiger partial charge < -0.3 is 19.5 Å². The lowest BCUT2D eigenvalue weighted by Gasteiger charge is -2.52. The number of amides is 1. The highest BCUT2D eigenvalue weighted by Crippen LogP contribution is 2.51. The highest BCUT2D eigenvalue weighted by molar-refractivity contribution is 5.92. The zero-order chi connectivity index (χ0) is 24.3. The summed E-state index contributed by atoms with van der Waals surface area (Å²) in [5.74, 6) is 1.82. The Hall–Kier alpha value is -2.79. The zero-order valence-electron chi connectivity index (χ0n) is 20.8. The summed E-state index contributed by atoms with van der Waals surface area (Å²) in [5, 5.41) is 11.6. The van der Waals surface area contributed by atoms with Crippen molar-refractivity contribution in [3.8, 4) is 11.5 Å². The third-order valence-corrected chi connectivity index (χ3v) is 7.63. The van der Waals surface area contributed by atoms with Gasteiger partial charge in [-0.1, -0.05) is 51.0 Å². The first kappa shape index (κ1) is 24.3. The van der Waals surface area contributed by atoms with Gasteiger partial charge in [0.05, 0.1) is 25.9 Å². The number of rotatable bonds is 6. The van der Waals surface area contributed by atoms with Gasteiger partial charge in [0.25, 0.3) is 0 Å². The Morgan fingerprint density at radius 2 is 1.85 bits per heavy atom. The maximum absolute atomic E-state index is 13.5. The van der Waals surface area contributed by atoms with Crippen LogP contribution in [0.25, 0.3) is 6.08 Å². The van der Waals surface area contributed by atoms with Gasteiger partial charge in [0.1, 0.15) is 11.5 Å². The summed E-state index contributed by atoms with van der Waals surface area (Å²) in [5.41, 5.74) is 2.42. The number of piperidine rings is 1. The van der Waals surface area contributed by atoms with E-state index in [0.29, 0.717) is 30.4 Å². The van der Waals surface area contributed by atoms with Gasteiger partial charge in [0.2, 0.25) is 5.91 Å². The minimum absolute atomic E-state index is 0.0429. The lowest BCUT2D eigenvalue weighted by molar-refractivity contribution is -0.151. The van der Waals surface area contributed by atoms with E-state index in [-0.39, 0.29) is 17.9 Å². The second kappa shape index (κ2) is 10.2. The summed E-state index contributed by atoms with van der Waals surface area (Å²) in [4.78, 5) is 15.5. The second-order valence-corrected chi connectivity index (χ2v) is 9.94. The van der Waals surface area contributed by atoms with Crippen LogP contribution in [0.4, 0.5) is 0 Å². The van der Waals surface area contributed by atoms with E-state index in [1.54, 1.807) is 20.3 Å². The van der Waals surface area contributed by atoms with Gasteiger partial charge in [0, 0.05) is 24.1 Å². The van der Waals surface area contributed by atoms with Gasteiger partial charge in [-0.2, -0.15) is 0 Å². The number of hydrogen-bond acceptors (Lipinski definition) is 4. The SMILES string of the molecule is COc1ccc(OC)c([C@H]2[C@@H]3CCCC[C@@]3(O)CCN2C(=O)C=Cc2ccc(C(C)C)cc2)c1. The van der Waals surface area contributed by atoms with E-state index in [2.05, 4.69) is 38.1 Å². The molecule has 1 heterocycles. The molecule has 2 aromatic carbocycles. The van der Waals surface area contributed by atoms with Crippen LogP contribution in [-0.4, -0.2) is 42.3 Å². The maximum Gasteiger partial charge on any atom is 0.247 e. The summed E-state index contributed by atoms with van der Waals surface area (Å²) in [6, 6.07) is 13.8. The van der Waals surface area contributed by atoms with Crippen LogP contribution >= 0.6 is 0 Å². The molecule has 182 valence electrons. The first-order chi connectivity index (χ1) is 16.4. The second-order valence-electron chi connectivity index (χ2n) is 9.94. The van der Waals surface area contributed by atoms with Crippen LogP contribution in [0, 0.1) is 5.92 Å². The van der Waals surface area contributed by atoms with Gasteiger partial charge in [0.15, 0.2) is 0 Å². The third-order valence-electron chi connectivity index (χ3n) is 7.63.